The van der Waals surface area contributed by atoms with Crippen LogP contribution in [0, 0.1) is 0 Å². The van der Waals surface area contributed by atoms with Crippen molar-refractivity contribution in [3.8, 4) is 0 Å². The van der Waals surface area contributed by atoms with E-state index in [-0.39, 0.29) is 17.7 Å². The average molecular weight is 324 g/mol. The highest BCUT2D eigenvalue weighted by Gasteiger charge is 2.21. The Kier molecular flexibility index (Phi) is 13.0. The van der Waals surface area contributed by atoms with Gasteiger partial charge in [0.2, 0.25) is 5.91 Å². The number of imide groups is 1. The second-order valence-electron chi connectivity index (χ2n) is 5.38. The Hall–Kier alpha value is -1.65. The minimum atomic E-state index is -0.216. The normalized spacial score (nSPS) is 13.1. The maximum absolute atomic E-state index is 11.5. The van der Waals surface area contributed by atoms with Gasteiger partial charge in [-0.25, -0.2) is 0 Å². The number of nitrogens with zero attached hydrogens (tertiary/aromatic N) is 1. The Morgan fingerprint density at radius 1 is 0.957 bits per heavy atom. The van der Waals surface area contributed by atoms with Gasteiger partial charge in [0.25, 0.3) is 11.8 Å². The molecule has 1 rings (SSSR count). The topological polar surface area (TPSA) is 66.5 Å². The molecule has 5 nitrogen and oxygen atoms in total. The van der Waals surface area contributed by atoms with E-state index in [1.807, 2.05) is 13.8 Å². The van der Waals surface area contributed by atoms with E-state index in [9.17, 15) is 14.4 Å². The molecule has 0 saturated heterocycles. The van der Waals surface area contributed by atoms with Gasteiger partial charge in [-0.2, -0.15) is 0 Å². The lowest BCUT2D eigenvalue weighted by molar-refractivity contribution is -0.136. The van der Waals surface area contributed by atoms with Crippen LogP contribution in [0.3, 0.4) is 0 Å². The zero-order valence-electron chi connectivity index (χ0n) is 14.9. The molecule has 0 radical (unpaired) electrons. The van der Waals surface area contributed by atoms with E-state index < -0.39 is 0 Å². The molecule has 0 spiro atoms. The van der Waals surface area contributed by atoms with Crippen LogP contribution in [-0.4, -0.2) is 35.7 Å². The van der Waals surface area contributed by atoms with Crippen LogP contribution in [-0.2, 0) is 14.4 Å². The molecule has 1 aliphatic heterocycles. The largest absolute Gasteiger partial charge is 0.356 e. The summed E-state index contributed by atoms with van der Waals surface area (Å²) in [7, 11) is 0. The Morgan fingerprint density at radius 3 is 2.17 bits per heavy atom. The van der Waals surface area contributed by atoms with Gasteiger partial charge in [-0.05, 0) is 19.3 Å². The Labute approximate surface area is 140 Å². The quantitative estimate of drug-likeness (QED) is 0.469. The minimum absolute atomic E-state index is 0.125. The number of rotatable bonds is 11. The Balaban J connectivity index is 0.00000232. The molecule has 0 aromatic rings. The first kappa shape index (κ1) is 21.4. The molecular formula is C18H32N2O3. The van der Waals surface area contributed by atoms with Crippen LogP contribution in [0.1, 0.15) is 72.1 Å². The van der Waals surface area contributed by atoms with Crippen molar-refractivity contribution < 1.29 is 14.4 Å². The second kappa shape index (κ2) is 14.0. The fourth-order valence-corrected chi connectivity index (χ4v) is 2.25. The fraction of sp³-hybridized carbons (Fsp3) is 0.722. The van der Waals surface area contributed by atoms with E-state index in [1.54, 1.807) is 0 Å². The minimum Gasteiger partial charge on any atom is -0.356 e. The monoisotopic (exact) mass is 324 g/mol. The van der Waals surface area contributed by atoms with Crippen LogP contribution in [0.2, 0.25) is 0 Å². The number of carbonyl (C=O) groups excluding carboxylic acids is 3. The van der Waals surface area contributed by atoms with E-state index in [4.69, 9.17) is 0 Å². The van der Waals surface area contributed by atoms with Crippen molar-refractivity contribution in [1.82, 2.24) is 10.2 Å². The highest BCUT2D eigenvalue weighted by atomic mass is 16.2. The van der Waals surface area contributed by atoms with Crippen molar-refractivity contribution in [1.29, 1.82) is 0 Å². The third-order valence-corrected chi connectivity index (χ3v) is 3.54. The molecular weight excluding hydrogens is 292 g/mol. The molecule has 0 fully saturated rings. The summed E-state index contributed by atoms with van der Waals surface area (Å²) < 4.78 is 0. The zero-order valence-corrected chi connectivity index (χ0v) is 14.9. The smallest absolute Gasteiger partial charge is 0.253 e. The van der Waals surface area contributed by atoms with E-state index in [0.717, 1.165) is 51.5 Å². The predicted octanol–water partition coefficient (Wildman–Crippen LogP) is 3.19. The second-order valence-corrected chi connectivity index (χ2v) is 5.38. The van der Waals surface area contributed by atoms with Crippen LogP contribution < -0.4 is 5.32 Å². The lowest BCUT2D eigenvalue weighted by Crippen LogP contribution is -2.30. The SMILES string of the molecule is CC.CCCCCNC(=O)CCCCCCN1C(=O)C=CC1=O. The third kappa shape index (κ3) is 9.87. The number of amides is 3. The van der Waals surface area contributed by atoms with Crippen molar-refractivity contribution in [3.63, 3.8) is 0 Å². The highest BCUT2D eigenvalue weighted by Crippen LogP contribution is 2.08. The van der Waals surface area contributed by atoms with Crippen molar-refractivity contribution in [2.75, 3.05) is 13.1 Å². The van der Waals surface area contributed by atoms with E-state index >= 15 is 0 Å². The molecule has 5 heteroatoms. The average Bonchev–Trinajstić information content (AvgIpc) is 2.88. The molecule has 0 aliphatic carbocycles. The number of hydrogen-bond acceptors (Lipinski definition) is 3. The number of unbranched alkanes of at least 4 members (excludes halogenated alkanes) is 5. The maximum atomic E-state index is 11.5. The van der Waals surface area contributed by atoms with Gasteiger partial charge < -0.3 is 5.32 Å². The summed E-state index contributed by atoms with van der Waals surface area (Å²) in [6, 6.07) is 0. The van der Waals surface area contributed by atoms with Crippen molar-refractivity contribution >= 4 is 17.7 Å². The molecule has 23 heavy (non-hydrogen) atoms. The first-order valence-electron chi connectivity index (χ1n) is 8.95. The molecule has 0 bridgehead atoms. The Bertz CT molecular complexity index is 374. The molecule has 1 aliphatic rings. The molecule has 0 aromatic carbocycles. The van der Waals surface area contributed by atoms with Gasteiger partial charge >= 0.3 is 0 Å². The van der Waals surface area contributed by atoms with Crippen LogP contribution >= 0.6 is 0 Å². The molecule has 0 aromatic heterocycles. The maximum Gasteiger partial charge on any atom is 0.253 e. The molecule has 3 amide bonds. The third-order valence-electron chi connectivity index (χ3n) is 3.54. The van der Waals surface area contributed by atoms with Gasteiger partial charge in [0.05, 0.1) is 0 Å². The summed E-state index contributed by atoms with van der Waals surface area (Å²) in [5, 5.41) is 2.92. The molecule has 0 saturated carbocycles. The number of hydrogen-bond donors (Lipinski definition) is 1. The molecule has 1 heterocycles. The van der Waals surface area contributed by atoms with Crippen molar-refractivity contribution in [2.24, 2.45) is 0 Å². The standard InChI is InChI=1S/C16H26N2O3.C2H6/c1-2-3-7-12-17-14(19)9-6-4-5-8-13-18-15(20)10-11-16(18)21;1-2/h10-11H,2-9,12-13H2,1H3,(H,17,19);1-2H3. The lowest BCUT2D eigenvalue weighted by atomic mass is 10.1. The van der Waals surface area contributed by atoms with Crippen molar-refractivity contribution in [3.05, 3.63) is 12.2 Å². The van der Waals surface area contributed by atoms with Gasteiger partial charge in [0.15, 0.2) is 0 Å². The van der Waals surface area contributed by atoms with Crippen molar-refractivity contribution in [2.45, 2.75) is 72.1 Å². The van der Waals surface area contributed by atoms with Crippen LogP contribution in [0.5, 0.6) is 0 Å². The predicted molar refractivity (Wildman–Crippen MR) is 92.8 cm³/mol. The number of carbonyl (C=O) groups is 3. The molecule has 1 N–H and O–H groups in total. The summed E-state index contributed by atoms with van der Waals surface area (Å²) >= 11 is 0. The summed E-state index contributed by atoms with van der Waals surface area (Å²) in [6.45, 7) is 7.40. The first-order chi connectivity index (χ1) is 11.1. The van der Waals surface area contributed by atoms with Crippen LogP contribution in [0.25, 0.3) is 0 Å². The summed E-state index contributed by atoms with van der Waals surface area (Å²) in [5.41, 5.74) is 0. The molecule has 132 valence electrons. The summed E-state index contributed by atoms with van der Waals surface area (Å²) in [6.07, 6.45) is 10.1. The first-order valence-corrected chi connectivity index (χ1v) is 8.95. The molecule has 0 unspecified atom stereocenters. The summed E-state index contributed by atoms with van der Waals surface area (Å²) in [5.74, 6) is -0.307. The highest BCUT2D eigenvalue weighted by molar-refractivity contribution is 6.12. The zero-order chi connectivity index (χ0) is 17.5. The Morgan fingerprint density at radius 2 is 1.57 bits per heavy atom. The van der Waals surface area contributed by atoms with Gasteiger partial charge in [0.1, 0.15) is 0 Å². The van der Waals surface area contributed by atoms with Gasteiger partial charge in [-0.3, -0.25) is 19.3 Å². The van der Waals surface area contributed by atoms with E-state index in [1.165, 1.54) is 17.1 Å². The lowest BCUT2D eigenvalue weighted by Gasteiger charge is -2.13. The van der Waals surface area contributed by atoms with Gasteiger partial charge in [0, 0.05) is 31.7 Å². The number of nitrogens with one attached hydrogen (secondary N) is 1. The summed E-state index contributed by atoms with van der Waals surface area (Å²) in [4.78, 5) is 35.4. The van der Waals surface area contributed by atoms with Crippen LogP contribution in [0.15, 0.2) is 12.2 Å². The van der Waals surface area contributed by atoms with E-state index in [0.29, 0.717) is 13.0 Å². The van der Waals surface area contributed by atoms with Gasteiger partial charge in [-0.1, -0.05) is 46.5 Å². The molecule has 0 atom stereocenters. The van der Waals surface area contributed by atoms with Gasteiger partial charge in [-0.15, -0.1) is 0 Å². The fourth-order valence-electron chi connectivity index (χ4n) is 2.25. The van der Waals surface area contributed by atoms with Crippen LogP contribution in [0.4, 0.5) is 0 Å². The van der Waals surface area contributed by atoms with E-state index in [2.05, 4.69) is 12.2 Å².